The van der Waals surface area contributed by atoms with Gasteiger partial charge in [-0.05, 0) is 52.9 Å². The van der Waals surface area contributed by atoms with E-state index in [1.54, 1.807) is 6.07 Å². The van der Waals surface area contributed by atoms with Crippen LogP contribution >= 0.6 is 33.9 Å². The van der Waals surface area contributed by atoms with Crippen LogP contribution in [0.4, 0.5) is 4.39 Å². The Morgan fingerprint density at radius 2 is 2.00 bits per heavy atom. The molecular weight excluding hydrogens is 454 g/mol. The van der Waals surface area contributed by atoms with Gasteiger partial charge < -0.3 is 5.32 Å². The summed E-state index contributed by atoms with van der Waals surface area (Å²) in [6, 6.07) is 7.11. The molecule has 5 nitrogen and oxygen atoms in total. The third kappa shape index (κ3) is 4.28. The zero-order valence-electron chi connectivity index (χ0n) is 12.3. The second-order valence-electron chi connectivity index (χ2n) is 4.82. The lowest BCUT2D eigenvalue weighted by Crippen LogP contribution is -2.23. The maximum atomic E-state index is 13.0. The van der Waals surface area contributed by atoms with Gasteiger partial charge in [-0.2, -0.15) is 0 Å². The normalized spacial score (nSPS) is 11.7. The Morgan fingerprint density at radius 1 is 1.30 bits per heavy atom. The summed E-state index contributed by atoms with van der Waals surface area (Å²) in [5, 5.41) is 2.71. The molecule has 0 saturated heterocycles. The number of halogens is 2. The first-order chi connectivity index (χ1) is 10.7. The topological polar surface area (TPSA) is 66.5 Å². The fraction of sp³-hybridized carbons (Fsp3) is 0.214. The van der Waals surface area contributed by atoms with E-state index in [-0.39, 0.29) is 16.7 Å². The molecule has 0 bridgehead atoms. The number of amides is 1. The fourth-order valence-electron chi connectivity index (χ4n) is 1.71. The molecule has 1 amide bonds. The predicted octanol–water partition coefficient (Wildman–Crippen LogP) is 2.67. The number of sulfonamides is 1. The van der Waals surface area contributed by atoms with Gasteiger partial charge in [0, 0.05) is 22.5 Å². The summed E-state index contributed by atoms with van der Waals surface area (Å²) in [7, 11) is -0.531. The van der Waals surface area contributed by atoms with Crippen LogP contribution in [0.2, 0.25) is 0 Å². The fourth-order valence-corrected chi connectivity index (χ4v) is 4.89. The molecule has 0 unspecified atom stereocenters. The number of carbonyl (C=O) groups is 1. The molecule has 0 aliphatic carbocycles. The average molecular weight is 468 g/mol. The van der Waals surface area contributed by atoms with E-state index in [0.29, 0.717) is 9.13 Å². The van der Waals surface area contributed by atoms with Crippen molar-refractivity contribution in [3.63, 3.8) is 0 Å². The van der Waals surface area contributed by atoms with Crippen LogP contribution in [0.5, 0.6) is 0 Å². The van der Waals surface area contributed by atoms with E-state index in [1.807, 2.05) is 22.6 Å². The van der Waals surface area contributed by atoms with Crippen molar-refractivity contribution >= 4 is 49.9 Å². The third-order valence-electron chi connectivity index (χ3n) is 2.97. The van der Waals surface area contributed by atoms with E-state index in [1.165, 1.54) is 38.4 Å². The minimum atomic E-state index is -3.46. The molecular formula is C14H14FIN2O3S2. The van der Waals surface area contributed by atoms with E-state index in [0.717, 1.165) is 20.5 Å². The minimum absolute atomic E-state index is 0.208. The molecule has 23 heavy (non-hydrogen) atoms. The number of hydrogen-bond acceptors (Lipinski definition) is 4. The zero-order valence-corrected chi connectivity index (χ0v) is 16.1. The molecule has 1 heterocycles. The van der Waals surface area contributed by atoms with Crippen LogP contribution in [0.1, 0.15) is 15.2 Å². The lowest BCUT2D eigenvalue weighted by atomic mass is 10.2. The van der Waals surface area contributed by atoms with E-state index < -0.39 is 15.8 Å². The van der Waals surface area contributed by atoms with Crippen molar-refractivity contribution < 1.29 is 17.6 Å². The molecule has 0 spiro atoms. The second-order valence-corrected chi connectivity index (χ2v) is 9.52. The van der Waals surface area contributed by atoms with Gasteiger partial charge in [0.05, 0.1) is 12.1 Å². The SMILES string of the molecule is CN(C)S(=O)(=O)c1ccc(CNC(=O)c2ccc(F)cc2I)s1. The monoisotopic (exact) mass is 468 g/mol. The highest BCUT2D eigenvalue weighted by molar-refractivity contribution is 14.1. The van der Waals surface area contributed by atoms with Crippen LogP contribution in [0, 0.1) is 9.39 Å². The lowest BCUT2D eigenvalue weighted by Gasteiger charge is -2.08. The molecule has 124 valence electrons. The van der Waals surface area contributed by atoms with Crippen LogP contribution in [0.3, 0.4) is 0 Å². The Kier molecular flexibility index (Phi) is 5.76. The van der Waals surface area contributed by atoms with Gasteiger partial charge in [-0.1, -0.05) is 0 Å². The first-order valence-corrected chi connectivity index (χ1v) is 9.80. The number of nitrogens with one attached hydrogen (secondary N) is 1. The lowest BCUT2D eigenvalue weighted by molar-refractivity contribution is 0.0950. The molecule has 2 rings (SSSR count). The summed E-state index contributed by atoms with van der Waals surface area (Å²) in [5.74, 6) is -0.734. The summed E-state index contributed by atoms with van der Waals surface area (Å²) in [5.41, 5.74) is 0.379. The van der Waals surface area contributed by atoms with Gasteiger partial charge in [-0.15, -0.1) is 11.3 Å². The number of rotatable bonds is 5. The number of carbonyl (C=O) groups excluding carboxylic acids is 1. The number of benzene rings is 1. The molecule has 0 aliphatic rings. The largest absolute Gasteiger partial charge is 0.347 e. The van der Waals surface area contributed by atoms with Crippen molar-refractivity contribution in [2.45, 2.75) is 10.8 Å². The highest BCUT2D eigenvalue weighted by Crippen LogP contribution is 2.23. The third-order valence-corrected chi connectivity index (χ3v) is 7.23. The molecule has 0 atom stereocenters. The maximum Gasteiger partial charge on any atom is 0.252 e. The quantitative estimate of drug-likeness (QED) is 0.687. The molecule has 9 heteroatoms. The summed E-state index contributed by atoms with van der Waals surface area (Å²) in [6.45, 7) is 0.208. The maximum absolute atomic E-state index is 13.0. The van der Waals surface area contributed by atoms with Crippen molar-refractivity contribution in [1.29, 1.82) is 0 Å². The minimum Gasteiger partial charge on any atom is -0.347 e. The second kappa shape index (κ2) is 7.24. The first-order valence-electron chi connectivity index (χ1n) is 6.46. The van der Waals surface area contributed by atoms with Crippen molar-refractivity contribution in [1.82, 2.24) is 9.62 Å². The van der Waals surface area contributed by atoms with Gasteiger partial charge in [0.15, 0.2) is 0 Å². The van der Waals surface area contributed by atoms with E-state index in [4.69, 9.17) is 0 Å². The van der Waals surface area contributed by atoms with Crippen molar-refractivity contribution in [3.8, 4) is 0 Å². The summed E-state index contributed by atoms with van der Waals surface area (Å²) in [4.78, 5) is 12.8. The van der Waals surface area contributed by atoms with E-state index >= 15 is 0 Å². The number of nitrogens with zero attached hydrogens (tertiary/aromatic N) is 1. The number of thiophene rings is 1. The van der Waals surface area contributed by atoms with Gasteiger partial charge in [0.1, 0.15) is 10.0 Å². The zero-order chi connectivity index (χ0) is 17.2. The van der Waals surface area contributed by atoms with E-state index in [2.05, 4.69) is 5.32 Å². The van der Waals surface area contributed by atoms with Gasteiger partial charge in [-0.3, -0.25) is 4.79 Å². The number of hydrogen-bond donors (Lipinski definition) is 1. The molecule has 0 aliphatic heterocycles. The Balaban J connectivity index is 2.07. The highest BCUT2D eigenvalue weighted by atomic mass is 127. The Labute approximate surface area is 151 Å². The van der Waals surface area contributed by atoms with Gasteiger partial charge >= 0.3 is 0 Å². The Morgan fingerprint density at radius 3 is 2.61 bits per heavy atom. The van der Waals surface area contributed by atoms with Gasteiger partial charge in [0.25, 0.3) is 15.9 Å². The van der Waals surface area contributed by atoms with E-state index in [9.17, 15) is 17.6 Å². The molecule has 0 fully saturated rings. The molecule has 0 saturated carbocycles. The molecule has 1 N–H and O–H groups in total. The van der Waals surface area contributed by atoms with Crippen LogP contribution < -0.4 is 5.32 Å². The molecule has 1 aromatic carbocycles. The smallest absolute Gasteiger partial charge is 0.252 e. The summed E-state index contributed by atoms with van der Waals surface area (Å²) < 4.78 is 38.9. The van der Waals surface area contributed by atoms with Crippen molar-refractivity contribution in [2.75, 3.05) is 14.1 Å². The first kappa shape index (κ1) is 18.3. The Bertz CT molecular complexity index is 834. The molecule has 2 aromatic rings. The summed E-state index contributed by atoms with van der Waals surface area (Å²) in [6.07, 6.45) is 0. The molecule has 0 radical (unpaired) electrons. The average Bonchev–Trinajstić information content (AvgIpc) is 2.94. The van der Waals surface area contributed by atoms with Gasteiger partial charge in [0.2, 0.25) is 0 Å². The van der Waals surface area contributed by atoms with Gasteiger partial charge in [-0.25, -0.2) is 17.1 Å². The predicted molar refractivity (Wildman–Crippen MR) is 95.5 cm³/mol. The van der Waals surface area contributed by atoms with Crippen molar-refractivity contribution in [3.05, 3.63) is 50.2 Å². The molecule has 1 aromatic heterocycles. The van der Waals surface area contributed by atoms with Crippen molar-refractivity contribution in [2.24, 2.45) is 0 Å². The standard InChI is InChI=1S/C14H14FIN2O3S2/c1-18(2)23(20,21)13-6-4-10(22-13)8-17-14(19)11-5-3-9(15)7-12(11)16/h3-7H,8H2,1-2H3,(H,17,19). The van der Waals surface area contributed by atoms with Crippen LogP contribution in [0.15, 0.2) is 34.5 Å². The highest BCUT2D eigenvalue weighted by Gasteiger charge is 2.19. The van der Waals surface area contributed by atoms with Crippen LogP contribution in [-0.4, -0.2) is 32.7 Å². The van der Waals surface area contributed by atoms with Crippen LogP contribution in [0.25, 0.3) is 0 Å². The van der Waals surface area contributed by atoms with Crippen LogP contribution in [-0.2, 0) is 16.6 Å². The Hall–Kier alpha value is -1.04. The summed E-state index contributed by atoms with van der Waals surface area (Å²) >= 11 is 3.00.